The lowest BCUT2D eigenvalue weighted by Crippen LogP contribution is -2.32. The molecule has 1 amide bonds. The number of carbonyl (C=O) groups excluding carboxylic acids is 1. The van der Waals surface area contributed by atoms with Gasteiger partial charge in [0.15, 0.2) is 0 Å². The standard InChI is InChI=1S/C18H22N3O6P/c19-10-1-11-20(18(22)16-6-8-17(9-7-16)21(23)24)12-14-2-4-15(5-3-14)13-28(25,26)27/h2-9H,1,10-13,19H2,(H2,25,26,27). The molecule has 0 aliphatic carbocycles. The van der Waals surface area contributed by atoms with Crippen LogP contribution in [0.15, 0.2) is 48.5 Å². The highest BCUT2D eigenvalue weighted by molar-refractivity contribution is 7.50. The summed E-state index contributed by atoms with van der Waals surface area (Å²) in [4.78, 5) is 42.7. The van der Waals surface area contributed by atoms with E-state index in [1.807, 2.05) is 0 Å². The first-order valence-electron chi connectivity index (χ1n) is 8.56. The number of benzene rings is 2. The zero-order valence-electron chi connectivity index (χ0n) is 15.1. The van der Waals surface area contributed by atoms with Gasteiger partial charge in [-0.1, -0.05) is 24.3 Å². The summed E-state index contributed by atoms with van der Waals surface area (Å²) in [6.45, 7) is 1.10. The molecule has 0 unspecified atom stereocenters. The van der Waals surface area contributed by atoms with E-state index in [9.17, 15) is 19.5 Å². The van der Waals surface area contributed by atoms with Crippen molar-refractivity contribution >= 4 is 19.2 Å². The van der Waals surface area contributed by atoms with Gasteiger partial charge in [0.2, 0.25) is 0 Å². The van der Waals surface area contributed by atoms with E-state index in [1.54, 1.807) is 29.2 Å². The zero-order chi connectivity index (χ0) is 20.7. The van der Waals surface area contributed by atoms with Gasteiger partial charge in [0, 0.05) is 30.8 Å². The summed E-state index contributed by atoms with van der Waals surface area (Å²) in [5, 5.41) is 10.8. The van der Waals surface area contributed by atoms with Crippen LogP contribution in [0.5, 0.6) is 0 Å². The first kappa shape index (κ1) is 21.7. The first-order valence-corrected chi connectivity index (χ1v) is 10.4. The summed E-state index contributed by atoms with van der Waals surface area (Å²) in [5.41, 5.74) is 7.10. The largest absolute Gasteiger partial charge is 0.334 e. The minimum absolute atomic E-state index is 0.0919. The third-order valence-electron chi connectivity index (χ3n) is 4.03. The van der Waals surface area contributed by atoms with Crippen molar-refractivity contribution in [2.24, 2.45) is 5.73 Å². The van der Waals surface area contributed by atoms with Gasteiger partial charge < -0.3 is 20.4 Å². The molecule has 0 radical (unpaired) electrons. The number of nitro benzene ring substituents is 1. The predicted octanol–water partition coefficient (Wildman–Crippen LogP) is 2.26. The summed E-state index contributed by atoms with van der Waals surface area (Å²) >= 11 is 0. The molecule has 0 aromatic heterocycles. The van der Waals surface area contributed by atoms with Gasteiger partial charge in [0.05, 0.1) is 11.1 Å². The fourth-order valence-corrected chi connectivity index (χ4v) is 3.34. The van der Waals surface area contributed by atoms with Crippen molar-refractivity contribution in [2.75, 3.05) is 13.1 Å². The van der Waals surface area contributed by atoms with Crippen LogP contribution in [0, 0.1) is 10.1 Å². The Morgan fingerprint density at radius 3 is 2.14 bits per heavy atom. The van der Waals surface area contributed by atoms with Crippen LogP contribution in [-0.2, 0) is 17.3 Å². The van der Waals surface area contributed by atoms with E-state index in [0.29, 0.717) is 30.6 Å². The van der Waals surface area contributed by atoms with Crippen LogP contribution < -0.4 is 5.73 Å². The molecule has 0 bridgehead atoms. The van der Waals surface area contributed by atoms with Gasteiger partial charge in [-0.05, 0) is 36.2 Å². The first-order chi connectivity index (χ1) is 13.2. The SMILES string of the molecule is NCCCN(Cc1ccc(CP(=O)(O)O)cc1)C(=O)c1ccc([N+](=O)[O-])cc1. The van der Waals surface area contributed by atoms with Crippen molar-refractivity contribution in [3.8, 4) is 0 Å². The molecule has 0 saturated carbocycles. The number of nitrogens with zero attached hydrogens (tertiary/aromatic N) is 2. The zero-order valence-corrected chi connectivity index (χ0v) is 16.0. The van der Waals surface area contributed by atoms with Gasteiger partial charge in [-0.25, -0.2) is 0 Å². The Morgan fingerprint density at radius 2 is 1.64 bits per heavy atom. The van der Waals surface area contributed by atoms with Crippen LogP contribution in [0.2, 0.25) is 0 Å². The van der Waals surface area contributed by atoms with Crippen molar-refractivity contribution in [1.29, 1.82) is 0 Å². The van der Waals surface area contributed by atoms with E-state index in [4.69, 9.17) is 15.5 Å². The lowest BCUT2D eigenvalue weighted by molar-refractivity contribution is -0.384. The molecule has 28 heavy (non-hydrogen) atoms. The maximum Gasteiger partial charge on any atom is 0.329 e. The van der Waals surface area contributed by atoms with Gasteiger partial charge in [0.25, 0.3) is 11.6 Å². The molecule has 2 rings (SSSR count). The molecule has 0 aliphatic heterocycles. The van der Waals surface area contributed by atoms with Gasteiger partial charge >= 0.3 is 7.60 Å². The van der Waals surface area contributed by atoms with Crippen molar-refractivity contribution in [3.63, 3.8) is 0 Å². The smallest absolute Gasteiger partial charge is 0.329 e. The van der Waals surface area contributed by atoms with E-state index >= 15 is 0 Å². The molecular formula is C18H22N3O6P. The number of nitro groups is 1. The molecule has 0 aliphatic rings. The molecule has 0 spiro atoms. The van der Waals surface area contributed by atoms with Gasteiger partial charge in [0.1, 0.15) is 0 Å². The number of nitrogens with two attached hydrogens (primary N) is 1. The van der Waals surface area contributed by atoms with Crippen LogP contribution in [0.4, 0.5) is 5.69 Å². The van der Waals surface area contributed by atoms with Crippen molar-refractivity contribution in [3.05, 3.63) is 75.3 Å². The maximum absolute atomic E-state index is 12.8. The van der Waals surface area contributed by atoms with E-state index < -0.39 is 12.5 Å². The van der Waals surface area contributed by atoms with Crippen LogP contribution in [-0.4, -0.2) is 38.6 Å². The molecule has 10 heteroatoms. The highest BCUT2D eigenvalue weighted by Crippen LogP contribution is 2.38. The van der Waals surface area contributed by atoms with Gasteiger partial charge in [-0.3, -0.25) is 19.5 Å². The molecule has 9 nitrogen and oxygen atoms in total. The average Bonchev–Trinajstić information content (AvgIpc) is 2.65. The van der Waals surface area contributed by atoms with Crippen LogP contribution in [0.25, 0.3) is 0 Å². The molecule has 0 heterocycles. The second kappa shape index (κ2) is 9.57. The Hall–Kier alpha value is -2.58. The topological polar surface area (TPSA) is 147 Å². The van der Waals surface area contributed by atoms with E-state index in [1.165, 1.54) is 24.3 Å². The molecule has 150 valence electrons. The summed E-state index contributed by atoms with van der Waals surface area (Å²) in [6.07, 6.45) is 0.251. The van der Waals surface area contributed by atoms with Crippen molar-refractivity contribution < 1.29 is 24.1 Å². The maximum atomic E-state index is 12.8. The third kappa shape index (κ3) is 6.54. The highest BCUT2D eigenvalue weighted by Gasteiger charge is 2.18. The second-order valence-corrected chi connectivity index (χ2v) is 7.96. The predicted molar refractivity (Wildman–Crippen MR) is 104 cm³/mol. The summed E-state index contributed by atoms with van der Waals surface area (Å²) < 4.78 is 11.1. The molecule has 4 N–H and O–H groups in total. The Kier molecular flexibility index (Phi) is 7.42. The molecule has 0 atom stereocenters. The third-order valence-corrected chi connectivity index (χ3v) is 4.81. The second-order valence-electron chi connectivity index (χ2n) is 6.31. The lowest BCUT2D eigenvalue weighted by Gasteiger charge is -2.23. The summed E-state index contributed by atoms with van der Waals surface area (Å²) in [5.74, 6) is -0.275. The molecule has 2 aromatic rings. The fourth-order valence-electron chi connectivity index (χ4n) is 2.65. The Bertz CT molecular complexity index is 864. The Morgan fingerprint density at radius 1 is 1.07 bits per heavy atom. The molecule has 0 fully saturated rings. The molecule has 0 saturated heterocycles. The lowest BCUT2D eigenvalue weighted by atomic mass is 10.1. The van der Waals surface area contributed by atoms with Crippen molar-refractivity contribution in [1.82, 2.24) is 4.90 Å². The average molecular weight is 407 g/mol. The van der Waals surface area contributed by atoms with Crippen LogP contribution in [0.3, 0.4) is 0 Å². The monoisotopic (exact) mass is 407 g/mol. The van der Waals surface area contributed by atoms with Crippen LogP contribution in [0.1, 0.15) is 27.9 Å². The number of hydrogen-bond donors (Lipinski definition) is 3. The minimum Gasteiger partial charge on any atom is -0.334 e. The number of non-ortho nitro benzene ring substituents is 1. The van der Waals surface area contributed by atoms with E-state index in [-0.39, 0.29) is 24.3 Å². The fraction of sp³-hybridized carbons (Fsp3) is 0.278. The number of hydrogen-bond acceptors (Lipinski definition) is 5. The number of carbonyl (C=O) groups is 1. The van der Waals surface area contributed by atoms with Crippen LogP contribution >= 0.6 is 7.60 Å². The van der Waals surface area contributed by atoms with E-state index in [2.05, 4.69) is 0 Å². The normalized spacial score (nSPS) is 11.2. The van der Waals surface area contributed by atoms with Gasteiger partial charge in [-0.2, -0.15) is 0 Å². The highest BCUT2D eigenvalue weighted by atomic mass is 31.2. The summed E-state index contributed by atoms with van der Waals surface area (Å²) in [7, 11) is -4.14. The quantitative estimate of drug-likeness (QED) is 0.328. The summed E-state index contributed by atoms with van der Waals surface area (Å²) in [6, 6.07) is 12.1. The number of rotatable bonds is 9. The number of amides is 1. The minimum atomic E-state index is -4.14. The van der Waals surface area contributed by atoms with Gasteiger partial charge in [-0.15, -0.1) is 0 Å². The Labute approximate surface area is 162 Å². The molecular weight excluding hydrogens is 385 g/mol. The van der Waals surface area contributed by atoms with E-state index in [0.717, 1.165) is 5.56 Å². The molecule has 2 aromatic carbocycles. The Balaban J connectivity index is 2.15. The van der Waals surface area contributed by atoms with Crippen molar-refractivity contribution in [2.45, 2.75) is 19.1 Å².